The molecule has 29 heavy (non-hydrogen) atoms. The number of amides is 1. The molecule has 4 aromatic rings. The Labute approximate surface area is 169 Å². The van der Waals surface area contributed by atoms with E-state index in [1.807, 2.05) is 18.2 Å². The van der Waals surface area contributed by atoms with Gasteiger partial charge in [-0.05, 0) is 42.5 Å². The van der Waals surface area contributed by atoms with Crippen molar-refractivity contribution in [3.8, 4) is 22.8 Å². The molecule has 0 aliphatic rings. The van der Waals surface area contributed by atoms with E-state index in [0.717, 1.165) is 29.5 Å². The zero-order valence-corrected chi connectivity index (χ0v) is 15.7. The van der Waals surface area contributed by atoms with E-state index in [2.05, 4.69) is 10.3 Å². The lowest BCUT2D eigenvalue weighted by Gasteiger charge is -2.10. The summed E-state index contributed by atoms with van der Waals surface area (Å²) >= 11 is 1.12. The Hall–Kier alpha value is -3.58. The summed E-state index contributed by atoms with van der Waals surface area (Å²) in [5.74, 6) is -0.574. The minimum atomic E-state index is -0.587. The fourth-order valence-corrected chi connectivity index (χ4v) is 3.38. The van der Waals surface area contributed by atoms with Crippen molar-refractivity contribution in [3.63, 3.8) is 0 Å². The van der Waals surface area contributed by atoms with Crippen molar-refractivity contribution < 1.29 is 18.3 Å². The molecule has 4 nitrogen and oxygen atoms in total. The van der Waals surface area contributed by atoms with Gasteiger partial charge in [-0.2, -0.15) is 0 Å². The quantitative estimate of drug-likeness (QED) is 0.432. The predicted octanol–water partition coefficient (Wildman–Crippen LogP) is 6.13. The second kappa shape index (κ2) is 8.20. The molecule has 3 aromatic carbocycles. The maximum Gasteiger partial charge on any atom is 0.261 e. The normalized spacial score (nSPS) is 10.6. The van der Waals surface area contributed by atoms with Gasteiger partial charge in [-0.15, -0.1) is 11.3 Å². The van der Waals surface area contributed by atoms with E-state index in [1.54, 1.807) is 41.8 Å². The largest absolute Gasteiger partial charge is 0.457 e. The Morgan fingerprint density at radius 1 is 0.966 bits per heavy atom. The van der Waals surface area contributed by atoms with Gasteiger partial charge >= 0.3 is 0 Å². The number of nitrogens with zero attached hydrogens (tertiary/aromatic N) is 1. The van der Waals surface area contributed by atoms with Crippen LogP contribution in [0.2, 0.25) is 0 Å². The first kappa shape index (κ1) is 18.8. The highest BCUT2D eigenvalue weighted by atomic mass is 32.1. The number of ether oxygens (including phenoxy) is 1. The van der Waals surface area contributed by atoms with Crippen LogP contribution in [0.25, 0.3) is 11.3 Å². The van der Waals surface area contributed by atoms with Crippen LogP contribution < -0.4 is 10.1 Å². The van der Waals surface area contributed by atoms with Gasteiger partial charge in [0.15, 0.2) is 5.13 Å². The zero-order chi connectivity index (χ0) is 20.2. The number of carbonyl (C=O) groups excluding carboxylic acids is 1. The first-order valence-corrected chi connectivity index (χ1v) is 9.52. The first-order chi connectivity index (χ1) is 14.1. The fourth-order valence-electron chi connectivity index (χ4n) is 2.67. The van der Waals surface area contributed by atoms with Crippen LogP contribution in [0.1, 0.15) is 10.4 Å². The third-order valence-corrected chi connectivity index (χ3v) is 4.79. The standard InChI is InChI=1S/C22H14F2N2O2S/c23-14-10-11-18(24)17(12-14)19-13-29-22(25-19)26-21(27)16-8-4-5-9-20(16)28-15-6-2-1-3-7-15/h1-13H,(H,25,26,27). The van der Waals surface area contributed by atoms with Crippen molar-refractivity contribution >= 4 is 22.4 Å². The van der Waals surface area contributed by atoms with Gasteiger partial charge < -0.3 is 4.74 Å². The predicted molar refractivity (Wildman–Crippen MR) is 108 cm³/mol. The summed E-state index contributed by atoms with van der Waals surface area (Å²) < 4.78 is 33.2. The van der Waals surface area contributed by atoms with Crippen LogP contribution in [0, 0.1) is 11.6 Å². The van der Waals surface area contributed by atoms with E-state index in [0.29, 0.717) is 17.1 Å². The molecule has 0 atom stereocenters. The Bertz CT molecular complexity index is 1160. The molecule has 0 aliphatic carbocycles. The Kier molecular flexibility index (Phi) is 5.31. The van der Waals surface area contributed by atoms with Crippen LogP contribution in [0.15, 0.2) is 78.2 Å². The molecule has 1 amide bonds. The van der Waals surface area contributed by atoms with Crippen LogP contribution in [0.4, 0.5) is 13.9 Å². The number of aromatic nitrogens is 1. The van der Waals surface area contributed by atoms with Gasteiger partial charge in [0.25, 0.3) is 5.91 Å². The third kappa shape index (κ3) is 4.30. The monoisotopic (exact) mass is 408 g/mol. The van der Waals surface area contributed by atoms with E-state index >= 15 is 0 Å². The lowest BCUT2D eigenvalue weighted by Crippen LogP contribution is -2.12. The Balaban J connectivity index is 1.55. The first-order valence-electron chi connectivity index (χ1n) is 8.64. The molecule has 0 fully saturated rings. The van der Waals surface area contributed by atoms with Crippen molar-refractivity contribution in [2.45, 2.75) is 0 Å². The van der Waals surface area contributed by atoms with Crippen LogP contribution in [0.5, 0.6) is 11.5 Å². The van der Waals surface area contributed by atoms with Gasteiger partial charge in [-0.3, -0.25) is 10.1 Å². The van der Waals surface area contributed by atoms with Crippen molar-refractivity contribution in [2.75, 3.05) is 5.32 Å². The minimum absolute atomic E-state index is 0.0366. The van der Waals surface area contributed by atoms with Crippen LogP contribution >= 0.6 is 11.3 Å². The number of hydrogen-bond donors (Lipinski definition) is 1. The molecule has 0 spiro atoms. The second-order valence-corrected chi connectivity index (χ2v) is 6.89. The van der Waals surface area contributed by atoms with Gasteiger partial charge in [0.2, 0.25) is 0 Å². The van der Waals surface area contributed by atoms with Crippen LogP contribution in [-0.4, -0.2) is 10.9 Å². The number of rotatable bonds is 5. The smallest absolute Gasteiger partial charge is 0.261 e. The molecule has 7 heteroatoms. The second-order valence-electron chi connectivity index (χ2n) is 6.03. The SMILES string of the molecule is O=C(Nc1nc(-c2cc(F)ccc2F)cs1)c1ccccc1Oc1ccccc1. The maximum atomic E-state index is 13.9. The number of halogens is 2. The van der Waals surface area contributed by atoms with E-state index in [4.69, 9.17) is 4.74 Å². The van der Waals surface area contributed by atoms with E-state index in [9.17, 15) is 13.6 Å². The summed E-state index contributed by atoms with van der Waals surface area (Å²) in [6, 6.07) is 19.1. The lowest BCUT2D eigenvalue weighted by molar-refractivity contribution is 0.102. The van der Waals surface area contributed by atoms with Crippen LogP contribution in [-0.2, 0) is 0 Å². The maximum absolute atomic E-state index is 13.9. The average Bonchev–Trinajstić information content (AvgIpc) is 3.19. The highest BCUT2D eigenvalue weighted by Gasteiger charge is 2.16. The minimum Gasteiger partial charge on any atom is -0.457 e. The van der Waals surface area contributed by atoms with Gasteiger partial charge in [-0.25, -0.2) is 13.8 Å². The van der Waals surface area contributed by atoms with Crippen molar-refractivity contribution in [3.05, 3.63) is 95.4 Å². The summed E-state index contributed by atoms with van der Waals surface area (Å²) in [4.78, 5) is 16.9. The molecule has 1 aromatic heterocycles. The van der Waals surface area contributed by atoms with Gasteiger partial charge in [0, 0.05) is 10.9 Å². The summed E-state index contributed by atoms with van der Waals surface area (Å²) in [7, 11) is 0. The third-order valence-electron chi connectivity index (χ3n) is 4.03. The number of benzene rings is 3. The molecule has 144 valence electrons. The molecular weight excluding hydrogens is 394 g/mol. The highest BCUT2D eigenvalue weighted by molar-refractivity contribution is 7.14. The fraction of sp³-hybridized carbons (Fsp3) is 0. The number of hydrogen-bond acceptors (Lipinski definition) is 4. The Morgan fingerprint density at radius 2 is 1.72 bits per heavy atom. The van der Waals surface area contributed by atoms with E-state index in [-0.39, 0.29) is 16.4 Å². The van der Waals surface area contributed by atoms with Gasteiger partial charge in [0.1, 0.15) is 23.1 Å². The lowest BCUT2D eigenvalue weighted by atomic mass is 10.1. The number of carbonyl (C=O) groups is 1. The van der Waals surface area contributed by atoms with Crippen LogP contribution in [0.3, 0.4) is 0 Å². The molecule has 0 saturated carbocycles. The molecular formula is C22H14F2N2O2S. The number of anilines is 1. The Morgan fingerprint density at radius 3 is 2.55 bits per heavy atom. The van der Waals surface area contributed by atoms with Crippen molar-refractivity contribution in [1.82, 2.24) is 4.98 Å². The molecule has 0 saturated heterocycles. The number of para-hydroxylation sites is 2. The molecule has 4 rings (SSSR count). The molecule has 0 bridgehead atoms. The van der Waals surface area contributed by atoms with Crippen molar-refractivity contribution in [2.24, 2.45) is 0 Å². The number of thiazole rings is 1. The number of nitrogens with one attached hydrogen (secondary N) is 1. The summed E-state index contributed by atoms with van der Waals surface area (Å²) in [6.07, 6.45) is 0. The van der Waals surface area contributed by atoms with Gasteiger partial charge in [0.05, 0.1) is 11.3 Å². The highest BCUT2D eigenvalue weighted by Crippen LogP contribution is 2.29. The molecule has 1 N–H and O–H groups in total. The zero-order valence-electron chi connectivity index (χ0n) is 14.9. The molecule has 0 aliphatic heterocycles. The molecule has 0 radical (unpaired) electrons. The van der Waals surface area contributed by atoms with E-state index in [1.165, 1.54) is 0 Å². The van der Waals surface area contributed by atoms with E-state index < -0.39 is 17.5 Å². The summed E-state index contributed by atoms with van der Waals surface area (Å²) in [5.41, 5.74) is 0.607. The topological polar surface area (TPSA) is 51.2 Å². The summed E-state index contributed by atoms with van der Waals surface area (Å²) in [6.45, 7) is 0. The van der Waals surface area contributed by atoms with Gasteiger partial charge in [-0.1, -0.05) is 30.3 Å². The average molecular weight is 408 g/mol. The summed E-state index contributed by atoms with van der Waals surface area (Å²) in [5, 5.41) is 4.50. The van der Waals surface area contributed by atoms with Crippen molar-refractivity contribution in [1.29, 1.82) is 0 Å². The molecule has 1 heterocycles. The molecule has 0 unspecified atom stereocenters.